The number of nitrogens with zero attached hydrogens (tertiary/aromatic N) is 3. The quantitative estimate of drug-likeness (QED) is 0.698. The maximum Gasteiger partial charge on any atom is 0.298 e. The van der Waals surface area contributed by atoms with Gasteiger partial charge in [0.2, 0.25) is 5.71 Å². The fourth-order valence-electron chi connectivity index (χ4n) is 3.58. The zero-order valence-electron chi connectivity index (χ0n) is 15.0. The molecule has 5 rings (SSSR count). The lowest BCUT2D eigenvalue weighted by molar-refractivity contribution is -0.120. The first-order valence-electron chi connectivity index (χ1n) is 9.08. The number of pyridine rings is 1. The van der Waals surface area contributed by atoms with Crippen molar-refractivity contribution in [2.45, 2.75) is 6.17 Å². The number of aromatic nitrogens is 1. The predicted octanol–water partition coefficient (Wildman–Crippen LogP) is 2.57. The van der Waals surface area contributed by atoms with Crippen molar-refractivity contribution in [1.82, 2.24) is 9.88 Å². The Labute approximate surface area is 160 Å². The Morgan fingerprint density at radius 3 is 2.96 bits per heavy atom. The van der Waals surface area contributed by atoms with Gasteiger partial charge >= 0.3 is 0 Å². The van der Waals surface area contributed by atoms with Crippen LogP contribution in [-0.2, 0) is 9.53 Å². The van der Waals surface area contributed by atoms with Crippen LogP contribution in [0.15, 0.2) is 52.0 Å². The number of benzene rings is 1. The van der Waals surface area contributed by atoms with Gasteiger partial charge in [0.15, 0.2) is 11.9 Å². The van der Waals surface area contributed by atoms with E-state index in [1.54, 1.807) is 18.3 Å². The third-order valence-corrected chi connectivity index (χ3v) is 4.91. The van der Waals surface area contributed by atoms with Gasteiger partial charge in [-0.3, -0.25) is 9.69 Å². The van der Waals surface area contributed by atoms with Gasteiger partial charge in [0, 0.05) is 24.8 Å². The first-order valence-corrected chi connectivity index (χ1v) is 9.08. The van der Waals surface area contributed by atoms with E-state index < -0.39 is 0 Å². The molecule has 0 amide bonds. The Balaban J connectivity index is 1.61. The highest BCUT2D eigenvalue weighted by molar-refractivity contribution is 6.13. The van der Waals surface area contributed by atoms with Crippen molar-refractivity contribution in [3.8, 4) is 5.75 Å². The number of hydrogen-bond donors (Lipinski definition) is 1. The zero-order valence-corrected chi connectivity index (χ0v) is 15.0. The van der Waals surface area contributed by atoms with Gasteiger partial charge in [-0.1, -0.05) is 12.1 Å². The van der Waals surface area contributed by atoms with Crippen molar-refractivity contribution in [1.29, 1.82) is 0 Å². The van der Waals surface area contributed by atoms with Gasteiger partial charge < -0.3 is 19.2 Å². The van der Waals surface area contributed by atoms with Crippen molar-refractivity contribution < 1.29 is 18.7 Å². The topological polar surface area (TPSA) is 89.2 Å². The molecule has 0 bridgehead atoms. The van der Waals surface area contributed by atoms with Crippen LogP contribution in [0.2, 0.25) is 0 Å². The minimum atomic E-state index is -0.278. The van der Waals surface area contributed by atoms with Crippen LogP contribution in [0, 0.1) is 0 Å². The number of fused-ring (bicyclic) bond motifs is 3. The lowest BCUT2D eigenvalue weighted by Crippen LogP contribution is -2.40. The largest absolute Gasteiger partial charge is 0.437 e. The van der Waals surface area contributed by atoms with Crippen LogP contribution in [0.3, 0.4) is 0 Å². The number of nitrogens with one attached hydrogen (secondary N) is 1. The molecule has 0 spiro atoms. The molecule has 28 heavy (non-hydrogen) atoms. The molecular formula is C20H18N4O4. The van der Waals surface area contributed by atoms with E-state index in [1.165, 1.54) is 0 Å². The SMILES string of the molecule is O=COc1cccc(C2=NC(N3CCOCC3)c3oc4ncccc4c3N2)c1. The van der Waals surface area contributed by atoms with Gasteiger partial charge in [-0.25, -0.2) is 9.98 Å². The minimum absolute atomic E-state index is 0.278. The molecule has 8 nitrogen and oxygen atoms in total. The molecule has 8 heteroatoms. The molecule has 142 valence electrons. The van der Waals surface area contributed by atoms with E-state index in [1.807, 2.05) is 24.3 Å². The molecule has 3 aromatic rings. The molecule has 1 unspecified atom stereocenters. The molecule has 1 aromatic carbocycles. The fraction of sp³-hybridized carbons (Fsp3) is 0.250. The lowest BCUT2D eigenvalue weighted by atomic mass is 10.1. The van der Waals surface area contributed by atoms with E-state index >= 15 is 0 Å². The van der Waals surface area contributed by atoms with Crippen molar-refractivity contribution in [3.05, 3.63) is 53.9 Å². The molecule has 1 fully saturated rings. The second-order valence-corrected chi connectivity index (χ2v) is 6.56. The summed E-state index contributed by atoms with van der Waals surface area (Å²) >= 11 is 0. The number of amidine groups is 1. The van der Waals surface area contributed by atoms with Crippen LogP contribution < -0.4 is 10.1 Å². The van der Waals surface area contributed by atoms with Gasteiger partial charge in [-0.2, -0.15) is 0 Å². The van der Waals surface area contributed by atoms with Gasteiger partial charge in [-0.15, -0.1) is 0 Å². The van der Waals surface area contributed by atoms with Crippen LogP contribution in [0.1, 0.15) is 17.5 Å². The van der Waals surface area contributed by atoms with Gasteiger partial charge in [0.1, 0.15) is 11.6 Å². The van der Waals surface area contributed by atoms with E-state index in [0.29, 0.717) is 37.0 Å². The summed E-state index contributed by atoms with van der Waals surface area (Å²) in [6.07, 6.45) is 1.43. The summed E-state index contributed by atoms with van der Waals surface area (Å²) in [6, 6.07) is 11.1. The molecule has 1 atom stereocenters. The highest BCUT2D eigenvalue weighted by Gasteiger charge is 2.33. The first kappa shape index (κ1) is 16.9. The van der Waals surface area contributed by atoms with Crippen LogP contribution in [0.5, 0.6) is 5.75 Å². The number of carbonyl (C=O) groups excluding carboxylic acids is 1. The number of carbonyl (C=O) groups is 1. The number of hydrogen-bond acceptors (Lipinski definition) is 8. The molecular weight excluding hydrogens is 360 g/mol. The number of ether oxygens (including phenoxy) is 2. The normalized spacial score (nSPS) is 19.6. The van der Waals surface area contributed by atoms with Crippen molar-refractivity contribution in [3.63, 3.8) is 0 Å². The summed E-state index contributed by atoms with van der Waals surface area (Å²) in [4.78, 5) is 22.2. The van der Waals surface area contributed by atoms with Gasteiger partial charge in [0.05, 0.1) is 24.3 Å². The number of rotatable bonds is 4. The monoisotopic (exact) mass is 378 g/mol. The summed E-state index contributed by atoms with van der Waals surface area (Å²) < 4.78 is 16.5. The Morgan fingerprint density at radius 1 is 1.21 bits per heavy atom. The Bertz CT molecular complexity index is 1060. The molecule has 0 radical (unpaired) electrons. The van der Waals surface area contributed by atoms with Crippen molar-refractivity contribution in [2.24, 2.45) is 4.99 Å². The molecule has 0 saturated carbocycles. The second-order valence-electron chi connectivity index (χ2n) is 6.56. The Hall–Kier alpha value is -3.23. The summed E-state index contributed by atoms with van der Waals surface area (Å²) in [5, 5.41) is 4.30. The number of furan rings is 1. The minimum Gasteiger partial charge on any atom is -0.437 e. The smallest absolute Gasteiger partial charge is 0.298 e. The highest BCUT2D eigenvalue weighted by atomic mass is 16.5. The summed E-state index contributed by atoms with van der Waals surface area (Å²) in [5.74, 6) is 1.90. The van der Waals surface area contributed by atoms with Crippen molar-refractivity contribution >= 4 is 29.1 Å². The van der Waals surface area contributed by atoms with E-state index in [2.05, 4.69) is 15.2 Å². The van der Waals surface area contributed by atoms with Crippen LogP contribution in [0.25, 0.3) is 11.1 Å². The molecule has 0 aliphatic carbocycles. The second kappa shape index (κ2) is 7.06. The third kappa shape index (κ3) is 2.92. The predicted molar refractivity (Wildman–Crippen MR) is 102 cm³/mol. The summed E-state index contributed by atoms with van der Waals surface area (Å²) in [6.45, 7) is 3.26. The number of aliphatic imine (C=N–C) groups is 1. The zero-order chi connectivity index (χ0) is 18.9. The maximum atomic E-state index is 10.7. The fourth-order valence-corrected chi connectivity index (χ4v) is 3.58. The molecule has 1 N–H and O–H groups in total. The van der Waals surface area contributed by atoms with E-state index in [9.17, 15) is 4.79 Å². The van der Waals surface area contributed by atoms with E-state index in [-0.39, 0.29) is 6.17 Å². The summed E-state index contributed by atoms with van der Waals surface area (Å²) in [5.41, 5.74) is 2.26. The van der Waals surface area contributed by atoms with Gasteiger partial charge in [0.25, 0.3) is 6.47 Å². The number of anilines is 1. The van der Waals surface area contributed by atoms with Gasteiger partial charge in [-0.05, 0) is 24.3 Å². The summed E-state index contributed by atoms with van der Waals surface area (Å²) in [7, 11) is 0. The van der Waals surface area contributed by atoms with Crippen LogP contribution in [-0.4, -0.2) is 48.5 Å². The average Bonchev–Trinajstić information content (AvgIpc) is 3.13. The highest BCUT2D eigenvalue weighted by Crippen LogP contribution is 2.40. The molecule has 2 aliphatic heterocycles. The molecule has 2 aliphatic rings. The standard InChI is InChI=1S/C20H18N4O4/c25-12-27-14-4-1-3-13(11-14)18-22-16-15-5-2-6-21-20(15)28-17(16)19(23-18)24-7-9-26-10-8-24/h1-6,11-12,19H,7-10H2,(H,22,23). The number of morpholine rings is 1. The molecule has 2 aromatic heterocycles. The Kier molecular flexibility index (Phi) is 4.27. The Morgan fingerprint density at radius 2 is 2.11 bits per heavy atom. The van der Waals surface area contributed by atoms with Crippen LogP contribution >= 0.6 is 0 Å². The van der Waals surface area contributed by atoms with Crippen LogP contribution in [0.4, 0.5) is 5.69 Å². The maximum absolute atomic E-state index is 10.7. The average molecular weight is 378 g/mol. The van der Waals surface area contributed by atoms with E-state index in [0.717, 1.165) is 35.5 Å². The third-order valence-electron chi connectivity index (χ3n) is 4.91. The molecule has 4 heterocycles. The van der Waals surface area contributed by atoms with E-state index in [4.69, 9.17) is 18.9 Å². The lowest BCUT2D eigenvalue weighted by Gasteiger charge is -2.33. The van der Waals surface area contributed by atoms with Crippen molar-refractivity contribution in [2.75, 3.05) is 31.6 Å². The first-order chi connectivity index (χ1) is 13.8. The molecule has 1 saturated heterocycles.